The van der Waals surface area contributed by atoms with Crippen molar-refractivity contribution in [1.29, 1.82) is 0 Å². The molecule has 0 saturated carbocycles. The predicted octanol–water partition coefficient (Wildman–Crippen LogP) is 3.58. The van der Waals surface area contributed by atoms with Crippen molar-refractivity contribution in [1.82, 2.24) is 19.7 Å². The predicted molar refractivity (Wildman–Crippen MR) is 83.2 cm³/mol. The summed E-state index contributed by atoms with van der Waals surface area (Å²) < 4.78 is 1.79. The zero-order valence-electron chi connectivity index (χ0n) is 11.4. The van der Waals surface area contributed by atoms with E-state index < -0.39 is 0 Å². The summed E-state index contributed by atoms with van der Waals surface area (Å²) in [7, 11) is 0. The van der Waals surface area contributed by atoms with E-state index in [2.05, 4.69) is 20.4 Å². The fourth-order valence-electron chi connectivity index (χ4n) is 2.07. The summed E-state index contributed by atoms with van der Waals surface area (Å²) in [5.74, 6) is 1.38. The first kappa shape index (κ1) is 13.3. The van der Waals surface area contributed by atoms with Crippen LogP contribution < -0.4 is 5.32 Å². The van der Waals surface area contributed by atoms with E-state index in [0.717, 1.165) is 34.0 Å². The highest BCUT2D eigenvalue weighted by Gasteiger charge is 2.16. The van der Waals surface area contributed by atoms with Gasteiger partial charge in [0.15, 0.2) is 5.82 Å². The van der Waals surface area contributed by atoms with Gasteiger partial charge < -0.3 is 5.32 Å². The summed E-state index contributed by atoms with van der Waals surface area (Å²) in [5.41, 5.74) is 1.69. The largest absolute Gasteiger partial charge is 0.354 e. The molecular weight excluding hydrogens is 294 g/mol. The maximum Gasteiger partial charge on any atom is 0.226 e. The molecule has 3 aromatic heterocycles. The first-order valence-electron chi connectivity index (χ1n) is 6.33. The quantitative estimate of drug-likeness (QED) is 0.803. The Labute approximate surface area is 125 Å². The number of fused-ring (bicyclic) bond motifs is 1. The van der Waals surface area contributed by atoms with Gasteiger partial charge >= 0.3 is 0 Å². The SMILES string of the molecule is CCNc1nc(-n2nc(C)c(Cl)c2C)c2ccsc2n1. The fourth-order valence-corrected chi connectivity index (χ4v) is 2.94. The van der Waals surface area contributed by atoms with Gasteiger partial charge in [0.25, 0.3) is 0 Å². The molecule has 7 heteroatoms. The highest BCUT2D eigenvalue weighted by molar-refractivity contribution is 7.16. The van der Waals surface area contributed by atoms with E-state index in [4.69, 9.17) is 11.6 Å². The Morgan fingerprint density at radius 2 is 2.15 bits per heavy atom. The number of aromatic nitrogens is 4. The average Bonchev–Trinajstić information content (AvgIpc) is 2.99. The summed E-state index contributed by atoms with van der Waals surface area (Å²) >= 11 is 7.82. The molecule has 0 bridgehead atoms. The second kappa shape index (κ2) is 5.03. The van der Waals surface area contributed by atoms with Crippen LogP contribution in [0.25, 0.3) is 16.0 Å². The second-order valence-corrected chi connectivity index (χ2v) is 5.71. The Balaban J connectivity index is 2.28. The molecule has 0 atom stereocenters. The number of hydrogen-bond acceptors (Lipinski definition) is 5. The van der Waals surface area contributed by atoms with Crippen molar-refractivity contribution in [2.24, 2.45) is 0 Å². The van der Waals surface area contributed by atoms with Gasteiger partial charge in [-0.1, -0.05) is 11.6 Å². The summed E-state index contributed by atoms with van der Waals surface area (Å²) in [4.78, 5) is 10.0. The number of nitrogens with one attached hydrogen (secondary N) is 1. The van der Waals surface area contributed by atoms with Crippen LogP contribution in [0.15, 0.2) is 11.4 Å². The number of nitrogens with zero attached hydrogens (tertiary/aromatic N) is 4. The normalized spacial score (nSPS) is 11.2. The van der Waals surface area contributed by atoms with Gasteiger partial charge in [-0.05, 0) is 32.2 Å². The lowest BCUT2D eigenvalue weighted by Gasteiger charge is -2.08. The maximum absolute atomic E-state index is 6.23. The standard InChI is InChI=1S/C13H14ClN5S/c1-4-15-13-16-11(9-5-6-20-12(9)17-13)19-8(3)10(14)7(2)18-19/h5-6H,4H2,1-3H3,(H,15,16,17). The van der Waals surface area contributed by atoms with Crippen LogP contribution in [0.5, 0.6) is 0 Å². The van der Waals surface area contributed by atoms with Crippen molar-refractivity contribution < 1.29 is 0 Å². The second-order valence-electron chi connectivity index (χ2n) is 4.44. The molecule has 0 aliphatic heterocycles. The van der Waals surface area contributed by atoms with Crippen LogP contribution in [0.2, 0.25) is 5.02 Å². The van der Waals surface area contributed by atoms with E-state index in [-0.39, 0.29) is 0 Å². The van der Waals surface area contributed by atoms with E-state index in [0.29, 0.717) is 11.0 Å². The number of thiophene rings is 1. The molecule has 104 valence electrons. The molecule has 0 amide bonds. The molecule has 5 nitrogen and oxygen atoms in total. The monoisotopic (exact) mass is 307 g/mol. The summed E-state index contributed by atoms with van der Waals surface area (Å²) in [6.07, 6.45) is 0. The van der Waals surface area contributed by atoms with Crippen molar-refractivity contribution in [3.05, 3.63) is 27.9 Å². The number of rotatable bonds is 3. The zero-order chi connectivity index (χ0) is 14.3. The Kier molecular flexibility index (Phi) is 3.35. The van der Waals surface area contributed by atoms with Gasteiger partial charge in [0, 0.05) is 6.54 Å². The lowest BCUT2D eigenvalue weighted by atomic mass is 10.3. The molecule has 0 spiro atoms. The minimum absolute atomic E-state index is 0.612. The summed E-state index contributed by atoms with van der Waals surface area (Å²) in [5, 5.41) is 11.3. The van der Waals surface area contributed by atoms with E-state index in [1.807, 2.05) is 32.2 Å². The lowest BCUT2D eigenvalue weighted by Crippen LogP contribution is -2.08. The first-order valence-corrected chi connectivity index (χ1v) is 7.58. The van der Waals surface area contributed by atoms with E-state index in [1.54, 1.807) is 16.0 Å². The van der Waals surface area contributed by atoms with Crippen molar-refractivity contribution in [2.45, 2.75) is 20.8 Å². The molecule has 3 rings (SSSR count). The zero-order valence-corrected chi connectivity index (χ0v) is 13.0. The molecule has 0 unspecified atom stereocenters. The summed E-state index contributed by atoms with van der Waals surface area (Å²) in [6, 6.07) is 2.01. The molecule has 1 N–H and O–H groups in total. The maximum atomic E-state index is 6.23. The summed E-state index contributed by atoms with van der Waals surface area (Å²) in [6.45, 7) is 6.62. The highest BCUT2D eigenvalue weighted by atomic mass is 35.5. The molecule has 0 aromatic carbocycles. The van der Waals surface area contributed by atoms with E-state index >= 15 is 0 Å². The van der Waals surface area contributed by atoms with Crippen LogP contribution in [0, 0.1) is 13.8 Å². The number of aryl methyl sites for hydroxylation is 1. The van der Waals surface area contributed by atoms with Crippen LogP contribution >= 0.6 is 22.9 Å². The van der Waals surface area contributed by atoms with Gasteiger partial charge in [-0.2, -0.15) is 10.1 Å². The Morgan fingerprint density at radius 3 is 2.80 bits per heavy atom. The highest BCUT2D eigenvalue weighted by Crippen LogP contribution is 2.28. The third kappa shape index (κ3) is 2.05. The van der Waals surface area contributed by atoms with Crippen molar-refractivity contribution in [3.63, 3.8) is 0 Å². The molecule has 0 aliphatic rings. The van der Waals surface area contributed by atoms with Crippen LogP contribution in [-0.4, -0.2) is 26.3 Å². The van der Waals surface area contributed by atoms with Crippen molar-refractivity contribution in [2.75, 3.05) is 11.9 Å². The Morgan fingerprint density at radius 1 is 1.35 bits per heavy atom. The van der Waals surface area contributed by atoms with Crippen LogP contribution in [0.1, 0.15) is 18.3 Å². The fraction of sp³-hybridized carbons (Fsp3) is 0.308. The molecule has 0 radical (unpaired) electrons. The minimum Gasteiger partial charge on any atom is -0.354 e. The van der Waals surface area contributed by atoms with Gasteiger partial charge in [-0.3, -0.25) is 0 Å². The number of halogens is 1. The van der Waals surface area contributed by atoms with Gasteiger partial charge in [0.2, 0.25) is 5.95 Å². The first-order chi connectivity index (χ1) is 9.61. The molecule has 20 heavy (non-hydrogen) atoms. The Bertz CT molecular complexity index is 777. The number of anilines is 1. The molecular formula is C13H14ClN5S. The molecule has 3 aromatic rings. The van der Waals surface area contributed by atoms with Crippen molar-refractivity contribution >= 4 is 39.1 Å². The average molecular weight is 308 g/mol. The molecule has 0 aliphatic carbocycles. The third-order valence-electron chi connectivity index (χ3n) is 3.04. The molecule has 3 heterocycles. The van der Waals surface area contributed by atoms with Crippen LogP contribution in [-0.2, 0) is 0 Å². The van der Waals surface area contributed by atoms with Crippen LogP contribution in [0.4, 0.5) is 5.95 Å². The lowest BCUT2D eigenvalue weighted by molar-refractivity contribution is 0.811. The van der Waals surface area contributed by atoms with E-state index in [9.17, 15) is 0 Å². The molecule has 0 saturated heterocycles. The van der Waals surface area contributed by atoms with Crippen molar-refractivity contribution in [3.8, 4) is 5.82 Å². The van der Waals surface area contributed by atoms with Crippen LogP contribution in [0.3, 0.4) is 0 Å². The molecule has 0 fully saturated rings. The minimum atomic E-state index is 0.612. The third-order valence-corrected chi connectivity index (χ3v) is 4.40. The van der Waals surface area contributed by atoms with E-state index in [1.165, 1.54) is 0 Å². The van der Waals surface area contributed by atoms with Gasteiger partial charge in [-0.25, -0.2) is 9.67 Å². The van der Waals surface area contributed by atoms with Gasteiger partial charge in [0.1, 0.15) is 4.83 Å². The van der Waals surface area contributed by atoms with Gasteiger partial charge in [0.05, 0.1) is 21.8 Å². The van der Waals surface area contributed by atoms with Gasteiger partial charge in [-0.15, -0.1) is 11.3 Å². The Hall–Kier alpha value is -1.66. The number of hydrogen-bond donors (Lipinski definition) is 1. The topological polar surface area (TPSA) is 55.6 Å². The smallest absolute Gasteiger partial charge is 0.226 e.